The zero-order valence-corrected chi connectivity index (χ0v) is 16.3. The van der Waals surface area contributed by atoms with E-state index >= 15 is 0 Å². The lowest BCUT2D eigenvalue weighted by molar-refractivity contribution is -0.147. The minimum Gasteiger partial charge on any atom is -0.461 e. The van der Waals surface area contributed by atoms with E-state index in [1.807, 2.05) is 30.3 Å². The quantitative estimate of drug-likeness (QED) is 0.546. The van der Waals surface area contributed by atoms with E-state index < -0.39 is 23.7 Å². The van der Waals surface area contributed by atoms with E-state index in [0.717, 1.165) is 5.56 Å². The largest absolute Gasteiger partial charge is 0.461 e. The van der Waals surface area contributed by atoms with Crippen LogP contribution in [0.15, 0.2) is 53.1 Å². The molecule has 0 aliphatic heterocycles. The maximum Gasteiger partial charge on any atom is 0.408 e. The molecule has 1 atom stereocenters. The van der Waals surface area contributed by atoms with E-state index in [1.165, 1.54) is 6.26 Å². The van der Waals surface area contributed by atoms with Gasteiger partial charge in [0.25, 0.3) is 0 Å². The molecule has 0 fully saturated rings. The van der Waals surface area contributed by atoms with Crippen molar-refractivity contribution in [3.8, 4) is 0 Å². The van der Waals surface area contributed by atoms with Crippen LogP contribution < -0.4 is 5.32 Å². The van der Waals surface area contributed by atoms with E-state index in [1.54, 1.807) is 32.9 Å². The van der Waals surface area contributed by atoms with Gasteiger partial charge in [-0.2, -0.15) is 0 Å². The summed E-state index contributed by atoms with van der Waals surface area (Å²) < 4.78 is 15.6. The summed E-state index contributed by atoms with van der Waals surface area (Å²) in [7, 11) is 0. The van der Waals surface area contributed by atoms with Gasteiger partial charge in [0, 0.05) is 6.42 Å². The van der Waals surface area contributed by atoms with Crippen molar-refractivity contribution in [1.82, 2.24) is 5.32 Å². The van der Waals surface area contributed by atoms with Gasteiger partial charge in [-0.3, -0.25) is 4.79 Å². The molecule has 1 heterocycles. The fourth-order valence-electron chi connectivity index (χ4n) is 2.36. The first kappa shape index (κ1) is 21.2. The number of nitrogens with one attached hydrogen (secondary N) is 1. The van der Waals surface area contributed by atoms with Crippen LogP contribution in [-0.2, 0) is 20.9 Å². The molecule has 7 nitrogen and oxygen atoms in total. The normalized spacial score (nSPS) is 12.1. The molecule has 2 rings (SSSR count). The van der Waals surface area contributed by atoms with Crippen LogP contribution in [-0.4, -0.2) is 29.5 Å². The number of amides is 1. The van der Waals surface area contributed by atoms with Crippen molar-refractivity contribution in [3.63, 3.8) is 0 Å². The Balaban J connectivity index is 1.98. The number of hydrogen-bond acceptors (Lipinski definition) is 6. The number of Topliss-reactive ketones (excluding diaryl/α,β-unsaturated/α-hetero) is 1. The third-order valence-electron chi connectivity index (χ3n) is 3.66. The number of carbonyl (C=O) groups is 3. The number of furan rings is 1. The van der Waals surface area contributed by atoms with Crippen molar-refractivity contribution in [3.05, 3.63) is 60.1 Å². The molecule has 0 saturated carbocycles. The Kier molecular flexibility index (Phi) is 7.37. The molecule has 2 aromatic rings. The first-order chi connectivity index (χ1) is 13.2. The summed E-state index contributed by atoms with van der Waals surface area (Å²) in [6.45, 7) is 5.22. The molecule has 1 aromatic heterocycles. The average molecular weight is 387 g/mol. The van der Waals surface area contributed by atoms with Crippen LogP contribution in [0.5, 0.6) is 0 Å². The third kappa shape index (κ3) is 7.26. The summed E-state index contributed by atoms with van der Waals surface area (Å²) in [5, 5.41) is 2.49. The van der Waals surface area contributed by atoms with Crippen LogP contribution in [0.3, 0.4) is 0 Å². The standard InChI is InChI=1S/C21H25NO6/c1-21(2,3)28-20(25)22-16(11-12-17(23)18-10-7-13-26-18)19(24)27-14-15-8-5-4-6-9-15/h4-10,13,16H,11-12,14H2,1-3H3,(H,22,25). The summed E-state index contributed by atoms with van der Waals surface area (Å²) in [4.78, 5) is 36.7. The maximum atomic E-state index is 12.5. The predicted octanol–water partition coefficient (Wildman–Crippen LogP) is 3.88. The molecule has 1 aromatic carbocycles. The van der Waals surface area contributed by atoms with E-state index in [9.17, 15) is 14.4 Å². The van der Waals surface area contributed by atoms with Crippen molar-refractivity contribution < 1.29 is 28.3 Å². The second-order valence-corrected chi connectivity index (χ2v) is 7.23. The number of esters is 1. The van der Waals surface area contributed by atoms with E-state index in [-0.39, 0.29) is 31.0 Å². The van der Waals surface area contributed by atoms with Crippen LogP contribution >= 0.6 is 0 Å². The molecular formula is C21H25NO6. The lowest BCUT2D eigenvalue weighted by atomic mass is 10.1. The first-order valence-corrected chi connectivity index (χ1v) is 9.01. The molecule has 0 spiro atoms. The lowest BCUT2D eigenvalue weighted by Crippen LogP contribution is -2.44. The van der Waals surface area contributed by atoms with Gasteiger partial charge < -0.3 is 19.2 Å². The van der Waals surface area contributed by atoms with Crippen LogP contribution in [0.4, 0.5) is 4.79 Å². The van der Waals surface area contributed by atoms with Gasteiger partial charge in [-0.05, 0) is 44.9 Å². The molecular weight excluding hydrogens is 362 g/mol. The van der Waals surface area contributed by atoms with Gasteiger partial charge in [0.15, 0.2) is 11.5 Å². The van der Waals surface area contributed by atoms with Gasteiger partial charge in [-0.1, -0.05) is 30.3 Å². The molecule has 1 N–H and O–H groups in total. The summed E-state index contributed by atoms with van der Waals surface area (Å²) in [5.74, 6) is -0.701. The van der Waals surface area contributed by atoms with Crippen LogP contribution in [0.25, 0.3) is 0 Å². The Morgan fingerprint density at radius 1 is 1.07 bits per heavy atom. The smallest absolute Gasteiger partial charge is 0.408 e. The Morgan fingerprint density at radius 2 is 1.79 bits per heavy atom. The molecule has 0 saturated heterocycles. The molecule has 1 unspecified atom stereocenters. The van der Waals surface area contributed by atoms with Gasteiger partial charge in [0.05, 0.1) is 6.26 Å². The van der Waals surface area contributed by atoms with Gasteiger partial charge >= 0.3 is 12.1 Å². The lowest BCUT2D eigenvalue weighted by Gasteiger charge is -2.22. The second kappa shape index (κ2) is 9.73. The predicted molar refractivity (Wildman–Crippen MR) is 102 cm³/mol. The third-order valence-corrected chi connectivity index (χ3v) is 3.66. The van der Waals surface area contributed by atoms with E-state index in [2.05, 4.69) is 5.32 Å². The number of rotatable bonds is 8. The molecule has 0 aliphatic rings. The Labute approximate surface area is 164 Å². The summed E-state index contributed by atoms with van der Waals surface area (Å²) in [6.07, 6.45) is 0.720. The van der Waals surface area contributed by atoms with Crippen LogP contribution in [0, 0.1) is 0 Å². The summed E-state index contributed by atoms with van der Waals surface area (Å²) in [6, 6.07) is 11.3. The van der Waals surface area contributed by atoms with Crippen molar-refractivity contribution >= 4 is 17.8 Å². The zero-order chi connectivity index (χ0) is 20.6. The Morgan fingerprint density at radius 3 is 2.39 bits per heavy atom. The van der Waals surface area contributed by atoms with Crippen molar-refractivity contribution in [2.24, 2.45) is 0 Å². The molecule has 28 heavy (non-hydrogen) atoms. The highest BCUT2D eigenvalue weighted by atomic mass is 16.6. The highest BCUT2D eigenvalue weighted by molar-refractivity contribution is 5.94. The molecule has 1 amide bonds. The molecule has 0 radical (unpaired) electrons. The van der Waals surface area contributed by atoms with Crippen molar-refractivity contribution in [2.45, 2.75) is 51.9 Å². The highest BCUT2D eigenvalue weighted by Crippen LogP contribution is 2.12. The van der Waals surface area contributed by atoms with Crippen LogP contribution in [0.2, 0.25) is 0 Å². The minimum absolute atomic E-state index is 0.00835. The molecule has 0 bridgehead atoms. The topological polar surface area (TPSA) is 94.8 Å². The van der Waals surface area contributed by atoms with Crippen molar-refractivity contribution in [1.29, 1.82) is 0 Å². The average Bonchev–Trinajstić information content (AvgIpc) is 3.17. The SMILES string of the molecule is CC(C)(C)OC(=O)NC(CCC(=O)c1ccco1)C(=O)OCc1ccccc1. The maximum absolute atomic E-state index is 12.5. The monoisotopic (exact) mass is 387 g/mol. The molecule has 150 valence electrons. The van der Waals surface area contributed by atoms with Crippen LogP contribution in [0.1, 0.15) is 49.7 Å². The van der Waals surface area contributed by atoms with Gasteiger partial charge in [-0.15, -0.1) is 0 Å². The highest BCUT2D eigenvalue weighted by Gasteiger charge is 2.26. The number of hydrogen-bond donors (Lipinski definition) is 1. The Bertz CT molecular complexity index is 777. The second-order valence-electron chi connectivity index (χ2n) is 7.23. The van der Waals surface area contributed by atoms with Gasteiger partial charge in [-0.25, -0.2) is 9.59 Å². The zero-order valence-electron chi connectivity index (χ0n) is 16.3. The minimum atomic E-state index is -1.02. The van der Waals surface area contributed by atoms with Gasteiger partial charge in [0.1, 0.15) is 18.2 Å². The number of benzene rings is 1. The van der Waals surface area contributed by atoms with Gasteiger partial charge in [0.2, 0.25) is 0 Å². The summed E-state index contributed by atoms with van der Waals surface area (Å²) in [5.41, 5.74) is 0.102. The number of ether oxygens (including phenoxy) is 2. The molecule has 7 heteroatoms. The number of carbonyl (C=O) groups excluding carboxylic acids is 3. The first-order valence-electron chi connectivity index (χ1n) is 9.01. The fraction of sp³-hybridized carbons (Fsp3) is 0.381. The fourth-order valence-corrected chi connectivity index (χ4v) is 2.36. The number of alkyl carbamates (subject to hydrolysis) is 1. The molecule has 0 aliphatic carbocycles. The number of ketones is 1. The van der Waals surface area contributed by atoms with E-state index in [0.29, 0.717) is 0 Å². The van der Waals surface area contributed by atoms with E-state index in [4.69, 9.17) is 13.9 Å². The summed E-state index contributed by atoms with van der Waals surface area (Å²) >= 11 is 0. The Hall–Kier alpha value is -3.09. The van der Waals surface area contributed by atoms with Crippen molar-refractivity contribution in [2.75, 3.05) is 0 Å².